The van der Waals surface area contributed by atoms with E-state index in [1.54, 1.807) is 11.7 Å². The number of carbonyl (C=O) groups excluding carboxylic acids is 1. The molecular weight excluding hydrogens is 212 g/mol. The molecule has 1 amide bonds. The molecule has 0 radical (unpaired) electrons. The zero-order valence-corrected chi connectivity index (χ0v) is 9.17. The molecular formula is C10H14N2O2S. The fraction of sp³-hybridized carbons (Fsp3) is 0.600. The molecule has 1 saturated carbocycles. The van der Waals surface area contributed by atoms with E-state index in [4.69, 9.17) is 0 Å². The summed E-state index contributed by atoms with van der Waals surface area (Å²) in [5.74, 6) is -0.122. The monoisotopic (exact) mass is 226 g/mol. The molecule has 5 heteroatoms. The Kier molecular flexibility index (Phi) is 3.33. The smallest absolute Gasteiger partial charge is 0.263 e. The largest absolute Gasteiger partial charge is 0.391 e. The van der Waals surface area contributed by atoms with Crippen LogP contribution in [-0.4, -0.2) is 28.1 Å². The lowest BCUT2D eigenvalue weighted by molar-refractivity contribution is 0.0720. The van der Waals surface area contributed by atoms with E-state index in [1.807, 2.05) is 0 Å². The first-order valence-corrected chi connectivity index (χ1v) is 6.03. The molecule has 1 aliphatic rings. The molecule has 15 heavy (non-hydrogen) atoms. The molecule has 2 atom stereocenters. The molecule has 2 rings (SSSR count). The van der Waals surface area contributed by atoms with Gasteiger partial charge in [0.15, 0.2) is 0 Å². The molecule has 4 nitrogen and oxygen atoms in total. The molecule has 2 N–H and O–H groups in total. The molecule has 0 aliphatic heterocycles. The highest BCUT2D eigenvalue weighted by Crippen LogP contribution is 2.19. The summed E-state index contributed by atoms with van der Waals surface area (Å²) in [7, 11) is 0. The van der Waals surface area contributed by atoms with E-state index in [9.17, 15) is 9.90 Å². The van der Waals surface area contributed by atoms with Gasteiger partial charge in [-0.3, -0.25) is 9.78 Å². The van der Waals surface area contributed by atoms with E-state index >= 15 is 0 Å². The predicted octanol–water partition coefficient (Wildman–Crippen LogP) is 1.18. The van der Waals surface area contributed by atoms with Crippen molar-refractivity contribution >= 4 is 17.2 Å². The van der Waals surface area contributed by atoms with Crippen LogP contribution < -0.4 is 5.32 Å². The van der Waals surface area contributed by atoms with Crippen molar-refractivity contribution in [3.8, 4) is 0 Å². The van der Waals surface area contributed by atoms with Crippen LogP contribution in [0.25, 0.3) is 0 Å². The van der Waals surface area contributed by atoms with Crippen molar-refractivity contribution in [1.29, 1.82) is 0 Å². The second-order valence-electron chi connectivity index (χ2n) is 3.80. The topological polar surface area (TPSA) is 62.2 Å². The molecule has 1 aromatic rings. The first kappa shape index (κ1) is 10.6. The standard InChI is InChI=1S/C10H14N2O2S/c13-8-4-2-1-3-7(8)12-10(14)9-5-11-6-15-9/h5-8,13H,1-4H2,(H,12,14). The van der Waals surface area contributed by atoms with Gasteiger partial charge in [-0.1, -0.05) is 12.8 Å². The normalized spacial score (nSPS) is 26.2. The number of aliphatic hydroxyl groups is 1. The highest BCUT2D eigenvalue weighted by Gasteiger charge is 2.25. The maximum absolute atomic E-state index is 11.7. The quantitative estimate of drug-likeness (QED) is 0.796. The molecule has 2 unspecified atom stereocenters. The van der Waals surface area contributed by atoms with Crippen molar-refractivity contribution in [2.75, 3.05) is 0 Å². The summed E-state index contributed by atoms with van der Waals surface area (Å²) in [4.78, 5) is 16.1. The van der Waals surface area contributed by atoms with Crippen molar-refractivity contribution in [2.24, 2.45) is 0 Å². The number of amides is 1. The Morgan fingerprint density at radius 2 is 2.33 bits per heavy atom. The highest BCUT2D eigenvalue weighted by atomic mass is 32.1. The summed E-state index contributed by atoms with van der Waals surface area (Å²) in [6.45, 7) is 0. The van der Waals surface area contributed by atoms with Gasteiger partial charge in [-0.15, -0.1) is 11.3 Å². The van der Waals surface area contributed by atoms with E-state index in [0.717, 1.165) is 25.7 Å². The maximum Gasteiger partial charge on any atom is 0.263 e. The van der Waals surface area contributed by atoms with Crippen LogP contribution >= 0.6 is 11.3 Å². The van der Waals surface area contributed by atoms with Gasteiger partial charge in [0.2, 0.25) is 0 Å². The second kappa shape index (κ2) is 4.72. The molecule has 82 valence electrons. The van der Waals surface area contributed by atoms with Crippen molar-refractivity contribution in [2.45, 2.75) is 37.8 Å². The lowest BCUT2D eigenvalue weighted by Gasteiger charge is -2.28. The van der Waals surface area contributed by atoms with E-state index in [2.05, 4.69) is 10.3 Å². The molecule has 0 saturated heterocycles. The molecule has 0 aromatic carbocycles. The molecule has 1 aliphatic carbocycles. The molecule has 1 aromatic heterocycles. The number of thiazole rings is 1. The number of hydrogen-bond acceptors (Lipinski definition) is 4. The number of aliphatic hydroxyl groups excluding tert-OH is 1. The Labute approximate surface area is 92.3 Å². The Bertz CT molecular complexity index is 326. The number of nitrogens with zero attached hydrogens (tertiary/aromatic N) is 1. The van der Waals surface area contributed by atoms with Crippen LogP contribution in [0.4, 0.5) is 0 Å². The third-order valence-corrected chi connectivity index (χ3v) is 3.47. The summed E-state index contributed by atoms with van der Waals surface area (Å²) in [5, 5.41) is 12.5. The zero-order valence-electron chi connectivity index (χ0n) is 8.35. The van der Waals surface area contributed by atoms with E-state index in [0.29, 0.717) is 4.88 Å². The van der Waals surface area contributed by atoms with Gasteiger partial charge in [0, 0.05) is 0 Å². The Morgan fingerprint density at radius 1 is 1.53 bits per heavy atom. The SMILES string of the molecule is O=C(NC1CCCCC1O)c1cncs1. The molecule has 0 spiro atoms. The van der Waals surface area contributed by atoms with Crippen LogP contribution in [0.3, 0.4) is 0 Å². The van der Waals surface area contributed by atoms with Crippen LogP contribution in [0.2, 0.25) is 0 Å². The van der Waals surface area contributed by atoms with Crippen molar-refractivity contribution in [3.05, 3.63) is 16.6 Å². The predicted molar refractivity (Wildman–Crippen MR) is 57.8 cm³/mol. The molecule has 1 fully saturated rings. The van der Waals surface area contributed by atoms with Gasteiger partial charge in [0.05, 0.1) is 23.9 Å². The maximum atomic E-state index is 11.7. The van der Waals surface area contributed by atoms with Crippen LogP contribution in [0, 0.1) is 0 Å². The van der Waals surface area contributed by atoms with Gasteiger partial charge in [0.25, 0.3) is 5.91 Å². The second-order valence-corrected chi connectivity index (χ2v) is 4.68. The molecule has 1 heterocycles. The Morgan fingerprint density at radius 3 is 3.00 bits per heavy atom. The minimum atomic E-state index is -0.393. The summed E-state index contributed by atoms with van der Waals surface area (Å²) < 4.78 is 0. The average Bonchev–Trinajstić information content (AvgIpc) is 2.74. The van der Waals surface area contributed by atoms with Gasteiger partial charge < -0.3 is 10.4 Å². The first-order chi connectivity index (χ1) is 7.27. The number of hydrogen-bond donors (Lipinski definition) is 2. The van der Waals surface area contributed by atoms with Crippen molar-refractivity contribution in [1.82, 2.24) is 10.3 Å². The van der Waals surface area contributed by atoms with E-state index in [-0.39, 0.29) is 11.9 Å². The average molecular weight is 226 g/mol. The third kappa shape index (κ3) is 2.54. The van der Waals surface area contributed by atoms with Crippen LogP contribution in [-0.2, 0) is 0 Å². The van der Waals surface area contributed by atoms with E-state index in [1.165, 1.54) is 11.3 Å². The van der Waals surface area contributed by atoms with Gasteiger partial charge in [-0.05, 0) is 12.8 Å². The summed E-state index contributed by atoms with van der Waals surface area (Å²) in [6, 6.07) is -0.0895. The van der Waals surface area contributed by atoms with Crippen molar-refractivity contribution < 1.29 is 9.90 Å². The fourth-order valence-electron chi connectivity index (χ4n) is 1.85. The summed E-state index contributed by atoms with van der Waals surface area (Å²) in [6.07, 6.45) is 4.93. The van der Waals surface area contributed by atoms with Gasteiger partial charge in [-0.2, -0.15) is 0 Å². The minimum Gasteiger partial charge on any atom is -0.391 e. The lowest BCUT2D eigenvalue weighted by atomic mass is 9.92. The highest BCUT2D eigenvalue weighted by molar-refractivity contribution is 7.11. The number of aromatic nitrogens is 1. The third-order valence-electron chi connectivity index (χ3n) is 2.70. The van der Waals surface area contributed by atoms with Crippen LogP contribution in [0.5, 0.6) is 0 Å². The van der Waals surface area contributed by atoms with E-state index < -0.39 is 6.10 Å². The molecule has 0 bridgehead atoms. The van der Waals surface area contributed by atoms with Gasteiger partial charge >= 0.3 is 0 Å². The first-order valence-electron chi connectivity index (χ1n) is 5.15. The summed E-state index contributed by atoms with van der Waals surface area (Å²) >= 11 is 1.32. The Balaban J connectivity index is 1.93. The van der Waals surface area contributed by atoms with Gasteiger partial charge in [-0.25, -0.2) is 0 Å². The van der Waals surface area contributed by atoms with Crippen LogP contribution in [0.1, 0.15) is 35.4 Å². The lowest BCUT2D eigenvalue weighted by Crippen LogP contribution is -2.44. The number of nitrogens with one attached hydrogen (secondary N) is 1. The summed E-state index contributed by atoms with van der Waals surface area (Å²) in [5.41, 5.74) is 1.63. The Hall–Kier alpha value is -0.940. The minimum absolute atomic E-state index is 0.0895. The zero-order chi connectivity index (χ0) is 10.7. The van der Waals surface area contributed by atoms with Crippen LogP contribution in [0.15, 0.2) is 11.7 Å². The van der Waals surface area contributed by atoms with Crippen molar-refractivity contribution in [3.63, 3.8) is 0 Å². The van der Waals surface area contributed by atoms with Gasteiger partial charge in [0.1, 0.15) is 4.88 Å². The number of carbonyl (C=O) groups is 1. The number of rotatable bonds is 2. The fourth-order valence-corrected chi connectivity index (χ4v) is 2.37.